The molecule has 0 saturated heterocycles. The molecule has 100 valence electrons. The van der Waals surface area contributed by atoms with E-state index in [1.54, 1.807) is 24.4 Å². The smallest absolute Gasteiger partial charge is 0.350 e. The standard InChI is InChI=1S/C11H12N4O4/c1-13(7-10(17)18)9(16)6-15-11(19)14-5-3-2-4-8(14)12-15/h2-5H,6-7H2,1H3,(H,17,18). The van der Waals surface area contributed by atoms with E-state index in [2.05, 4.69) is 5.10 Å². The fraction of sp³-hybridized carbons (Fsp3) is 0.273. The number of nitrogens with zero attached hydrogens (tertiary/aromatic N) is 4. The van der Waals surface area contributed by atoms with Crippen LogP contribution in [0.3, 0.4) is 0 Å². The van der Waals surface area contributed by atoms with Crippen LogP contribution in [-0.2, 0) is 16.1 Å². The monoisotopic (exact) mass is 264 g/mol. The minimum Gasteiger partial charge on any atom is -0.480 e. The number of carbonyl (C=O) groups excluding carboxylic acids is 1. The highest BCUT2D eigenvalue weighted by molar-refractivity contribution is 5.80. The first-order valence-corrected chi connectivity index (χ1v) is 5.49. The molecule has 0 fully saturated rings. The second kappa shape index (κ2) is 4.92. The van der Waals surface area contributed by atoms with Crippen molar-refractivity contribution in [2.24, 2.45) is 0 Å². The van der Waals surface area contributed by atoms with E-state index in [0.717, 1.165) is 9.58 Å². The Labute approximate surface area is 107 Å². The summed E-state index contributed by atoms with van der Waals surface area (Å²) in [7, 11) is 1.36. The number of carboxylic acid groups (broad SMARTS) is 1. The van der Waals surface area contributed by atoms with Crippen LogP contribution in [0.15, 0.2) is 29.2 Å². The van der Waals surface area contributed by atoms with Gasteiger partial charge in [-0.3, -0.25) is 14.0 Å². The lowest BCUT2D eigenvalue weighted by atomic mass is 10.5. The topological polar surface area (TPSA) is 96.9 Å². The summed E-state index contributed by atoms with van der Waals surface area (Å²) in [5.74, 6) is -1.61. The van der Waals surface area contributed by atoms with Crippen LogP contribution in [0, 0.1) is 0 Å². The van der Waals surface area contributed by atoms with Gasteiger partial charge in [0.15, 0.2) is 5.65 Å². The quantitative estimate of drug-likeness (QED) is 0.767. The van der Waals surface area contributed by atoms with Crippen molar-refractivity contribution in [2.75, 3.05) is 13.6 Å². The molecule has 19 heavy (non-hydrogen) atoms. The van der Waals surface area contributed by atoms with Crippen LogP contribution in [0.5, 0.6) is 0 Å². The van der Waals surface area contributed by atoms with Crippen molar-refractivity contribution >= 4 is 17.5 Å². The van der Waals surface area contributed by atoms with Crippen LogP contribution in [0.25, 0.3) is 5.65 Å². The third-order valence-corrected chi connectivity index (χ3v) is 2.57. The molecule has 0 atom stereocenters. The number of amides is 1. The van der Waals surface area contributed by atoms with Gasteiger partial charge in [-0.1, -0.05) is 6.07 Å². The number of carbonyl (C=O) groups is 2. The van der Waals surface area contributed by atoms with Gasteiger partial charge in [0, 0.05) is 13.2 Å². The molecule has 1 N–H and O–H groups in total. The van der Waals surface area contributed by atoms with Gasteiger partial charge >= 0.3 is 11.7 Å². The van der Waals surface area contributed by atoms with E-state index in [4.69, 9.17) is 5.11 Å². The molecule has 2 aromatic rings. The average molecular weight is 264 g/mol. The van der Waals surface area contributed by atoms with Gasteiger partial charge in [0.25, 0.3) is 0 Å². The Kier molecular flexibility index (Phi) is 3.32. The highest BCUT2D eigenvalue weighted by atomic mass is 16.4. The highest BCUT2D eigenvalue weighted by Gasteiger charge is 2.15. The SMILES string of the molecule is CN(CC(=O)O)C(=O)Cn1nc2ccccn2c1=O. The normalized spacial score (nSPS) is 10.6. The minimum absolute atomic E-state index is 0.287. The Morgan fingerprint density at radius 3 is 2.79 bits per heavy atom. The molecule has 0 aliphatic heterocycles. The fourth-order valence-corrected chi connectivity index (χ4v) is 1.61. The van der Waals surface area contributed by atoms with Gasteiger partial charge in [-0.25, -0.2) is 9.48 Å². The summed E-state index contributed by atoms with van der Waals surface area (Å²) in [6.45, 7) is -0.703. The predicted octanol–water partition coefficient (Wildman–Crippen LogP) is -0.961. The van der Waals surface area contributed by atoms with E-state index in [1.165, 1.54) is 11.4 Å². The molecule has 0 radical (unpaired) electrons. The van der Waals surface area contributed by atoms with Crippen LogP contribution in [0.2, 0.25) is 0 Å². The van der Waals surface area contributed by atoms with Crippen LogP contribution in [-0.4, -0.2) is 49.7 Å². The van der Waals surface area contributed by atoms with E-state index in [-0.39, 0.29) is 6.54 Å². The van der Waals surface area contributed by atoms with Crippen molar-refractivity contribution < 1.29 is 14.7 Å². The molecule has 0 aliphatic carbocycles. The Balaban J connectivity index is 2.22. The zero-order valence-corrected chi connectivity index (χ0v) is 10.2. The predicted molar refractivity (Wildman–Crippen MR) is 64.7 cm³/mol. The van der Waals surface area contributed by atoms with Crippen LogP contribution in [0.4, 0.5) is 0 Å². The molecule has 8 heteroatoms. The lowest BCUT2D eigenvalue weighted by Gasteiger charge is -2.13. The summed E-state index contributed by atoms with van der Waals surface area (Å²) >= 11 is 0. The second-order valence-electron chi connectivity index (χ2n) is 4.01. The van der Waals surface area contributed by atoms with Crippen molar-refractivity contribution in [1.29, 1.82) is 0 Å². The molecule has 2 heterocycles. The summed E-state index contributed by atoms with van der Waals surface area (Å²) < 4.78 is 2.32. The number of likely N-dealkylation sites (N-methyl/N-ethyl adjacent to an activating group) is 1. The number of carboxylic acids is 1. The Morgan fingerprint density at radius 2 is 2.16 bits per heavy atom. The molecule has 2 aromatic heterocycles. The number of hydrogen-bond acceptors (Lipinski definition) is 4. The van der Waals surface area contributed by atoms with Crippen LogP contribution >= 0.6 is 0 Å². The maximum absolute atomic E-state index is 11.9. The van der Waals surface area contributed by atoms with Crippen molar-refractivity contribution in [3.05, 3.63) is 34.9 Å². The maximum atomic E-state index is 11.9. The molecule has 1 amide bonds. The third kappa shape index (κ3) is 2.62. The Hall–Kier alpha value is -2.64. The number of aliphatic carboxylic acids is 1. The zero-order valence-electron chi connectivity index (χ0n) is 10.2. The summed E-state index contributed by atoms with van der Waals surface area (Å²) in [5, 5.41) is 12.6. The molecule has 0 aliphatic rings. The summed E-state index contributed by atoms with van der Waals surface area (Å²) in [4.78, 5) is 35.1. The molecular weight excluding hydrogens is 252 g/mol. The fourth-order valence-electron chi connectivity index (χ4n) is 1.61. The average Bonchev–Trinajstić information content (AvgIpc) is 2.66. The third-order valence-electron chi connectivity index (χ3n) is 2.57. The van der Waals surface area contributed by atoms with Crippen LogP contribution in [0.1, 0.15) is 0 Å². The first-order chi connectivity index (χ1) is 8.99. The van der Waals surface area contributed by atoms with Gasteiger partial charge in [0.1, 0.15) is 13.1 Å². The van der Waals surface area contributed by atoms with Gasteiger partial charge in [-0.15, -0.1) is 5.10 Å². The van der Waals surface area contributed by atoms with Gasteiger partial charge < -0.3 is 10.0 Å². The van der Waals surface area contributed by atoms with E-state index in [9.17, 15) is 14.4 Å². The van der Waals surface area contributed by atoms with E-state index in [0.29, 0.717) is 5.65 Å². The minimum atomic E-state index is -1.11. The lowest BCUT2D eigenvalue weighted by Crippen LogP contribution is -2.37. The molecule has 0 unspecified atom stereocenters. The summed E-state index contributed by atoms with van der Waals surface area (Å²) in [6, 6.07) is 5.05. The van der Waals surface area contributed by atoms with Gasteiger partial charge in [0.2, 0.25) is 5.91 Å². The molecule has 0 saturated carbocycles. The molecule has 0 bridgehead atoms. The lowest BCUT2D eigenvalue weighted by molar-refractivity contribution is -0.143. The van der Waals surface area contributed by atoms with Crippen molar-refractivity contribution in [2.45, 2.75) is 6.54 Å². The second-order valence-corrected chi connectivity index (χ2v) is 4.01. The highest BCUT2D eigenvalue weighted by Crippen LogP contribution is 1.96. The zero-order chi connectivity index (χ0) is 14.0. The first kappa shape index (κ1) is 12.8. The number of fused-ring (bicyclic) bond motifs is 1. The molecule has 8 nitrogen and oxygen atoms in total. The van der Waals surface area contributed by atoms with Crippen molar-refractivity contribution in [3.63, 3.8) is 0 Å². The van der Waals surface area contributed by atoms with Gasteiger partial charge in [-0.05, 0) is 12.1 Å². The molecule has 0 aromatic carbocycles. The van der Waals surface area contributed by atoms with E-state index >= 15 is 0 Å². The van der Waals surface area contributed by atoms with Gasteiger partial charge in [-0.2, -0.15) is 0 Å². The Morgan fingerprint density at radius 1 is 1.42 bits per heavy atom. The van der Waals surface area contributed by atoms with Gasteiger partial charge in [0.05, 0.1) is 0 Å². The summed E-state index contributed by atoms with van der Waals surface area (Å²) in [6.07, 6.45) is 1.55. The molecular formula is C11H12N4O4. The summed E-state index contributed by atoms with van der Waals surface area (Å²) in [5.41, 5.74) is -0.00568. The Bertz CT molecular complexity index is 687. The van der Waals surface area contributed by atoms with E-state index in [1.807, 2.05) is 0 Å². The van der Waals surface area contributed by atoms with Crippen LogP contribution < -0.4 is 5.69 Å². The number of rotatable bonds is 4. The number of hydrogen-bond donors (Lipinski definition) is 1. The first-order valence-electron chi connectivity index (χ1n) is 5.49. The molecule has 2 rings (SSSR count). The van der Waals surface area contributed by atoms with E-state index < -0.39 is 24.1 Å². The van der Waals surface area contributed by atoms with Crippen molar-refractivity contribution in [1.82, 2.24) is 19.1 Å². The largest absolute Gasteiger partial charge is 0.480 e. The maximum Gasteiger partial charge on any atom is 0.350 e. The molecule has 0 spiro atoms. The van der Waals surface area contributed by atoms with Crippen molar-refractivity contribution in [3.8, 4) is 0 Å². The number of aromatic nitrogens is 3. The number of pyridine rings is 1.